The van der Waals surface area contributed by atoms with Crippen LogP contribution in [0.5, 0.6) is 0 Å². The Kier molecular flexibility index (Phi) is 7.29. The Bertz CT molecular complexity index is 926. The average Bonchev–Trinajstić information content (AvgIpc) is 3.46. The van der Waals surface area contributed by atoms with Crippen molar-refractivity contribution in [1.29, 1.82) is 0 Å². The van der Waals surface area contributed by atoms with Gasteiger partial charge in [0.2, 0.25) is 17.7 Å². The van der Waals surface area contributed by atoms with E-state index in [0.29, 0.717) is 6.54 Å². The standard InChI is InChI=1S/C26H37N3O4S/c1-5-16(4)18(14-30)29-22(24(32)28-15(2)3)26-12-11-19(34-26)20(21(26)25(29)33)23(31)27-13-17-9-7-6-8-10-17/h6-10,15-16,18-22,30H,5,11-14H2,1-4H3,(H,27,31)(H,28,32)/t16-,18-,19+,20-,21-,22?,26?/m0/s1. The van der Waals surface area contributed by atoms with E-state index in [0.717, 1.165) is 24.8 Å². The number of aliphatic hydroxyl groups excluding tert-OH is 1. The van der Waals surface area contributed by atoms with Gasteiger partial charge in [-0.05, 0) is 38.2 Å². The maximum absolute atomic E-state index is 14.0. The van der Waals surface area contributed by atoms with Gasteiger partial charge in [-0.1, -0.05) is 50.6 Å². The molecule has 0 radical (unpaired) electrons. The Balaban J connectivity index is 1.66. The molecular formula is C26H37N3O4S. The molecule has 0 saturated carbocycles. The minimum absolute atomic E-state index is 0.0254. The van der Waals surface area contributed by atoms with Crippen LogP contribution in [0.4, 0.5) is 0 Å². The van der Waals surface area contributed by atoms with E-state index in [2.05, 4.69) is 10.6 Å². The van der Waals surface area contributed by atoms with Crippen LogP contribution in [-0.2, 0) is 20.9 Å². The first-order chi connectivity index (χ1) is 16.2. The zero-order chi connectivity index (χ0) is 24.6. The molecule has 3 aliphatic heterocycles. The molecule has 186 valence electrons. The summed E-state index contributed by atoms with van der Waals surface area (Å²) >= 11 is 1.66. The second-order valence-corrected chi connectivity index (χ2v) is 11.9. The quantitative estimate of drug-likeness (QED) is 0.497. The Morgan fingerprint density at radius 1 is 1.21 bits per heavy atom. The van der Waals surface area contributed by atoms with Crippen molar-refractivity contribution in [2.45, 2.75) is 81.6 Å². The number of fused-ring (bicyclic) bond motifs is 1. The number of hydrogen-bond donors (Lipinski definition) is 3. The first-order valence-corrected chi connectivity index (χ1v) is 13.4. The Labute approximate surface area is 206 Å². The normalized spacial score (nSPS) is 31.5. The van der Waals surface area contributed by atoms with Gasteiger partial charge in [-0.15, -0.1) is 11.8 Å². The van der Waals surface area contributed by atoms with E-state index in [1.165, 1.54) is 0 Å². The summed E-state index contributed by atoms with van der Waals surface area (Å²) in [6.07, 6.45) is 2.32. The number of thioether (sulfide) groups is 1. The van der Waals surface area contributed by atoms with E-state index < -0.39 is 28.7 Å². The first-order valence-electron chi connectivity index (χ1n) is 12.5. The first kappa shape index (κ1) is 25.0. The molecule has 3 N–H and O–H groups in total. The third-order valence-electron chi connectivity index (χ3n) is 7.87. The Hall–Kier alpha value is -2.06. The fraction of sp³-hybridized carbons (Fsp3) is 0.654. The van der Waals surface area contributed by atoms with Crippen LogP contribution in [0, 0.1) is 17.8 Å². The smallest absolute Gasteiger partial charge is 0.244 e. The SMILES string of the molecule is CC[C@H](C)[C@H](CO)N1C(=O)[C@@H]2[C@@H](C(=O)NCc3ccccc3)[C@H]3CCC2(S3)C1C(=O)NC(C)C. The van der Waals surface area contributed by atoms with E-state index in [9.17, 15) is 19.5 Å². The maximum atomic E-state index is 14.0. The molecule has 1 aromatic rings. The van der Waals surface area contributed by atoms with Crippen molar-refractivity contribution in [3.05, 3.63) is 35.9 Å². The molecule has 3 fully saturated rings. The number of carbonyl (C=O) groups is 3. The lowest BCUT2D eigenvalue weighted by Crippen LogP contribution is -2.58. The second-order valence-electron chi connectivity index (χ2n) is 10.3. The van der Waals surface area contributed by atoms with Gasteiger partial charge in [0, 0.05) is 17.8 Å². The minimum Gasteiger partial charge on any atom is -0.394 e. The zero-order valence-corrected chi connectivity index (χ0v) is 21.3. The number of nitrogens with one attached hydrogen (secondary N) is 2. The van der Waals surface area contributed by atoms with Crippen LogP contribution in [0.25, 0.3) is 0 Å². The van der Waals surface area contributed by atoms with Crippen LogP contribution in [0.1, 0.15) is 52.5 Å². The van der Waals surface area contributed by atoms with Gasteiger partial charge in [0.1, 0.15) is 6.04 Å². The highest BCUT2D eigenvalue weighted by Crippen LogP contribution is 2.66. The average molecular weight is 488 g/mol. The molecular weight excluding hydrogens is 450 g/mol. The Morgan fingerprint density at radius 2 is 1.91 bits per heavy atom. The number of aliphatic hydroxyl groups is 1. The molecule has 0 aliphatic carbocycles. The molecule has 2 bridgehead atoms. The van der Waals surface area contributed by atoms with Gasteiger partial charge in [0.05, 0.1) is 29.2 Å². The highest BCUT2D eigenvalue weighted by atomic mass is 32.2. The highest BCUT2D eigenvalue weighted by Gasteiger charge is 2.74. The molecule has 3 saturated heterocycles. The predicted octanol–water partition coefficient (Wildman–Crippen LogP) is 2.33. The van der Waals surface area contributed by atoms with Crippen molar-refractivity contribution in [1.82, 2.24) is 15.5 Å². The van der Waals surface area contributed by atoms with Crippen molar-refractivity contribution in [3.8, 4) is 0 Å². The highest BCUT2D eigenvalue weighted by molar-refractivity contribution is 8.02. The van der Waals surface area contributed by atoms with Gasteiger partial charge >= 0.3 is 0 Å². The molecule has 0 aromatic heterocycles. The van der Waals surface area contributed by atoms with Gasteiger partial charge in [-0.2, -0.15) is 0 Å². The molecule has 1 aromatic carbocycles. The third-order valence-corrected chi connectivity index (χ3v) is 9.83. The lowest BCUT2D eigenvalue weighted by atomic mass is 9.70. The van der Waals surface area contributed by atoms with Gasteiger partial charge in [0.25, 0.3) is 0 Å². The fourth-order valence-corrected chi connectivity index (χ4v) is 8.33. The molecule has 34 heavy (non-hydrogen) atoms. The van der Waals surface area contributed by atoms with Crippen LogP contribution >= 0.6 is 11.8 Å². The number of nitrogens with zero attached hydrogens (tertiary/aromatic N) is 1. The summed E-state index contributed by atoms with van der Waals surface area (Å²) in [5, 5.41) is 16.4. The van der Waals surface area contributed by atoms with Crippen LogP contribution in [-0.4, -0.2) is 62.5 Å². The summed E-state index contributed by atoms with van der Waals surface area (Å²) in [7, 11) is 0. The largest absolute Gasteiger partial charge is 0.394 e. The number of benzene rings is 1. The van der Waals surface area contributed by atoms with Crippen LogP contribution in [0.15, 0.2) is 30.3 Å². The van der Waals surface area contributed by atoms with E-state index in [1.807, 2.05) is 58.0 Å². The van der Waals surface area contributed by atoms with Gasteiger partial charge in [-0.3, -0.25) is 14.4 Å². The van der Waals surface area contributed by atoms with Crippen molar-refractivity contribution in [2.75, 3.05) is 6.61 Å². The third kappa shape index (κ3) is 4.13. The van der Waals surface area contributed by atoms with Crippen LogP contribution < -0.4 is 10.6 Å². The molecule has 2 unspecified atom stereocenters. The van der Waals surface area contributed by atoms with Crippen molar-refractivity contribution in [3.63, 3.8) is 0 Å². The molecule has 3 aliphatic rings. The molecule has 7 atom stereocenters. The van der Waals surface area contributed by atoms with Gasteiger partial charge < -0.3 is 20.6 Å². The lowest BCUT2D eigenvalue weighted by molar-refractivity contribution is -0.144. The number of carbonyl (C=O) groups excluding carboxylic acids is 3. The van der Waals surface area contributed by atoms with E-state index in [-0.39, 0.29) is 41.5 Å². The molecule has 7 nitrogen and oxygen atoms in total. The monoisotopic (exact) mass is 487 g/mol. The van der Waals surface area contributed by atoms with Crippen molar-refractivity contribution in [2.24, 2.45) is 17.8 Å². The summed E-state index contributed by atoms with van der Waals surface area (Å²) in [6, 6.07) is 8.53. The number of hydrogen-bond acceptors (Lipinski definition) is 5. The van der Waals surface area contributed by atoms with Crippen LogP contribution in [0.3, 0.4) is 0 Å². The minimum atomic E-state index is -0.680. The zero-order valence-electron chi connectivity index (χ0n) is 20.5. The van der Waals surface area contributed by atoms with Gasteiger partial charge in [-0.25, -0.2) is 0 Å². The molecule has 3 heterocycles. The van der Waals surface area contributed by atoms with E-state index >= 15 is 0 Å². The predicted molar refractivity (Wildman–Crippen MR) is 133 cm³/mol. The van der Waals surface area contributed by atoms with Crippen molar-refractivity contribution >= 4 is 29.5 Å². The van der Waals surface area contributed by atoms with E-state index in [4.69, 9.17) is 0 Å². The summed E-state index contributed by atoms with van der Waals surface area (Å²) in [5.41, 5.74) is 1.01. The van der Waals surface area contributed by atoms with Gasteiger partial charge in [0.15, 0.2) is 0 Å². The summed E-state index contributed by atoms with van der Waals surface area (Å²) in [5.74, 6) is -1.43. The lowest BCUT2D eigenvalue weighted by Gasteiger charge is -2.39. The molecule has 1 spiro atoms. The molecule has 8 heteroatoms. The summed E-state index contributed by atoms with van der Waals surface area (Å²) in [6.45, 7) is 8.06. The van der Waals surface area contributed by atoms with E-state index in [1.54, 1.807) is 16.7 Å². The topological polar surface area (TPSA) is 98.7 Å². The fourth-order valence-electron chi connectivity index (χ4n) is 6.13. The Morgan fingerprint density at radius 3 is 2.53 bits per heavy atom. The second kappa shape index (κ2) is 9.90. The maximum Gasteiger partial charge on any atom is 0.244 e. The van der Waals surface area contributed by atoms with Crippen molar-refractivity contribution < 1.29 is 19.5 Å². The number of likely N-dealkylation sites (tertiary alicyclic amines) is 1. The molecule has 4 rings (SSSR count). The summed E-state index contributed by atoms with van der Waals surface area (Å²) in [4.78, 5) is 42.7. The number of rotatable bonds is 9. The van der Waals surface area contributed by atoms with Crippen LogP contribution in [0.2, 0.25) is 0 Å². The molecule has 3 amide bonds. The summed E-state index contributed by atoms with van der Waals surface area (Å²) < 4.78 is -0.629. The number of amides is 3.